The Morgan fingerprint density at radius 1 is 1.35 bits per heavy atom. The van der Waals surface area contributed by atoms with E-state index in [4.69, 9.17) is 9.15 Å². The molecule has 1 N–H and O–H groups in total. The number of rotatable bonds is 7. The van der Waals surface area contributed by atoms with Crippen molar-refractivity contribution in [2.24, 2.45) is 0 Å². The summed E-state index contributed by atoms with van der Waals surface area (Å²) < 4.78 is 10.5. The number of para-hydroxylation sites is 2. The minimum absolute atomic E-state index is 0.224. The molecule has 0 radical (unpaired) electrons. The van der Waals surface area contributed by atoms with Crippen LogP contribution in [0.5, 0.6) is 5.75 Å². The Morgan fingerprint density at radius 3 is 2.83 bits per heavy atom. The Labute approximate surface area is 132 Å². The summed E-state index contributed by atoms with van der Waals surface area (Å²) in [6.07, 6.45) is 3.45. The minimum Gasteiger partial charge on any atom is -0.491 e. The van der Waals surface area contributed by atoms with E-state index in [-0.39, 0.29) is 11.6 Å². The number of benzene rings is 1. The topological polar surface area (TPSA) is 94.6 Å². The zero-order valence-electron chi connectivity index (χ0n) is 12.5. The van der Waals surface area contributed by atoms with Gasteiger partial charge in [-0.25, -0.2) is 0 Å². The third kappa shape index (κ3) is 4.70. The van der Waals surface area contributed by atoms with Crippen molar-refractivity contribution in [2.75, 3.05) is 11.9 Å². The summed E-state index contributed by atoms with van der Waals surface area (Å²) in [6, 6.07) is 9.75. The fourth-order valence-corrected chi connectivity index (χ4v) is 1.77. The summed E-state index contributed by atoms with van der Waals surface area (Å²) in [4.78, 5) is 21.8. The summed E-state index contributed by atoms with van der Waals surface area (Å²) in [6.45, 7) is 2.55. The predicted octanol–water partition coefficient (Wildman–Crippen LogP) is 3.63. The van der Waals surface area contributed by atoms with Gasteiger partial charge in [-0.3, -0.25) is 14.9 Å². The number of nitrogens with one attached hydrogen (secondary N) is 1. The maximum Gasteiger partial charge on any atom is 0.433 e. The first-order valence-electron chi connectivity index (χ1n) is 7.05. The van der Waals surface area contributed by atoms with Gasteiger partial charge in [0.05, 0.1) is 18.4 Å². The lowest BCUT2D eigenvalue weighted by atomic mass is 10.3. The molecule has 2 rings (SSSR count). The number of nitrogens with zero attached hydrogens (tertiary/aromatic N) is 1. The van der Waals surface area contributed by atoms with E-state index in [1.54, 1.807) is 18.2 Å². The van der Waals surface area contributed by atoms with E-state index in [0.717, 1.165) is 6.42 Å². The summed E-state index contributed by atoms with van der Waals surface area (Å²) in [7, 11) is 0. The van der Waals surface area contributed by atoms with Crippen molar-refractivity contribution in [3.8, 4) is 5.75 Å². The molecule has 0 bridgehead atoms. The van der Waals surface area contributed by atoms with Crippen LogP contribution < -0.4 is 10.1 Å². The number of furan rings is 1. The van der Waals surface area contributed by atoms with E-state index in [0.29, 0.717) is 18.0 Å². The highest BCUT2D eigenvalue weighted by Crippen LogP contribution is 2.24. The van der Waals surface area contributed by atoms with E-state index < -0.39 is 10.8 Å². The molecule has 0 aliphatic heterocycles. The number of carbonyl (C=O) groups excluding carboxylic acids is 1. The molecule has 1 aromatic heterocycles. The van der Waals surface area contributed by atoms with Crippen LogP contribution in [0, 0.1) is 10.1 Å². The third-order valence-corrected chi connectivity index (χ3v) is 2.80. The predicted molar refractivity (Wildman–Crippen MR) is 85.3 cm³/mol. The number of hydrogen-bond acceptors (Lipinski definition) is 5. The van der Waals surface area contributed by atoms with Crippen LogP contribution in [0.15, 0.2) is 46.9 Å². The highest BCUT2D eigenvalue weighted by atomic mass is 16.6. The Morgan fingerprint density at radius 2 is 2.13 bits per heavy atom. The van der Waals surface area contributed by atoms with Gasteiger partial charge in [-0.1, -0.05) is 19.1 Å². The Kier molecular flexibility index (Phi) is 5.51. The van der Waals surface area contributed by atoms with Crippen LogP contribution >= 0.6 is 0 Å². The second-order valence-corrected chi connectivity index (χ2v) is 4.60. The SMILES string of the molecule is CCCOc1ccccc1NC(=O)C=Cc1ccc([N+](=O)[O-])o1. The molecule has 0 unspecified atom stereocenters. The Bertz CT molecular complexity index is 721. The van der Waals surface area contributed by atoms with Crippen molar-refractivity contribution < 1.29 is 18.9 Å². The molecule has 23 heavy (non-hydrogen) atoms. The number of carbonyl (C=O) groups is 1. The molecular weight excluding hydrogens is 300 g/mol. The van der Waals surface area contributed by atoms with Gasteiger partial charge in [0.1, 0.15) is 16.4 Å². The molecular formula is C16H16N2O5. The number of hydrogen-bond donors (Lipinski definition) is 1. The van der Waals surface area contributed by atoms with Gasteiger partial charge in [-0.15, -0.1) is 0 Å². The fourth-order valence-electron chi connectivity index (χ4n) is 1.77. The number of amides is 1. The van der Waals surface area contributed by atoms with Gasteiger partial charge >= 0.3 is 5.88 Å². The van der Waals surface area contributed by atoms with Gasteiger partial charge in [-0.05, 0) is 30.7 Å². The van der Waals surface area contributed by atoms with Crippen LogP contribution in [0.25, 0.3) is 6.08 Å². The summed E-state index contributed by atoms with van der Waals surface area (Å²) >= 11 is 0. The molecule has 7 heteroatoms. The van der Waals surface area contributed by atoms with Crippen LogP contribution in [0.4, 0.5) is 11.6 Å². The zero-order chi connectivity index (χ0) is 16.7. The fraction of sp³-hybridized carbons (Fsp3) is 0.188. The average molecular weight is 316 g/mol. The normalized spacial score (nSPS) is 10.7. The van der Waals surface area contributed by atoms with E-state index in [9.17, 15) is 14.9 Å². The van der Waals surface area contributed by atoms with Crippen molar-refractivity contribution in [2.45, 2.75) is 13.3 Å². The molecule has 1 aromatic carbocycles. The van der Waals surface area contributed by atoms with Gasteiger partial charge in [0, 0.05) is 6.08 Å². The van der Waals surface area contributed by atoms with Gasteiger partial charge in [0.25, 0.3) is 0 Å². The van der Waals surface area contributed by atoms with Gasteiger partial charge in [-0.2, -0.15) is 0 Å². The summed E-state index contributed by atoms with van der Waals surface area (Å²) in [5.41, 5.74) is 0.557. The standard InChI is InChI=1S/C16H16N2O5/c1-2-11-22-14-6-4-3-5-13(14)17-15(19)9-7-12-8-10-16(23-12)18(20)21/h3-10H,2,11H2,1H3,(H,17,19). The highest BCUT2D eigenvalue weighted by Gasteiger charge is 2.10. The molecule has 1 amide bonds. The summed E-state index contributed by atoms with van der Waals surface area (Å²) in [5, 5.41) is 13.2. The van der Waals surface area contributed by atoms with Crippen molar-refractivity contribution in [1.82, 2.24) is 0 Å². The molecule has 1 heterocycles. The Balaban J connectivity index is 2.01. The van der Waals surface area contributed by atoms with Crippen molar-refractivity contribution in [3.05, 3.63) is 58.3 Å². The van der Waals surface area contributed by atoms with Crippen molar-refractivity contribution in [3.63, 3.8) is 0 Å². The minimum atomic E-state index is -0.640. The molecule has 0 aliphatic rings. The molecule has 0 fully saturated rings. The second kappa shape index (κ2) is 7.79. The van der Waals surface area contributed by atoms with E-state index in [2.05, 4.69) is 5.32 Å². The Hall–Kier alpha value is -3.09. The van der Waals surface area contributed by atoms with Crippen LogP contribution in [0.2, 0.25) is 0 Å². The molecule has 0 saturated carbocycles. The van der Waals surface area contributed by atoms with Crippen molar-refractivity contribution in [1.29, 1.82) is 0 Å². The second-order valence-electron chi connectivity index (χ2n) is 4.60. The lowest BCUT2D eigenvalue weighted by molar-refractivity contribution is -0.402. The number of nitro groups is 1. The lowest BCUT2D eigenvalue weighted by Crippen LogP contribution is -2.09. The van der Waals surface area contributed by atoms with E-state index in [1.165, 1.54) is 24.3 Å². The molecule has 0 atom stereocenters. The van der Waals surface area contributed by atoms with Crippen LogP contribution in [-0.2, 0) is 4.79 Å². The highest BCUT2D eigenvalue weighted by molar-refractivity contribution is 6.02. The smallest absolute Gasteiger partial charge is 0.433 e. The summed E-state index contributed by atoms with van der Waals surface area (Å²) in [5.74, 6) is 0.0482. The van der Waals surface area contributed by atoms with Crippen LogP contribution in [0.3, 0.4) is 0 Å². The van der Waals surface area contributed by atoms with Gasteiger partial charge in [0.2, 0.25) is 5.91 Å². The van der Waals surface area contributed by atoms with E-state index in [1.807, 2.05) is 13.0 Å². The third-order valence-electron chi connectivity index (χ3n) is 2.80. The number of ether oxygens (including phenoxy) is 1. The first-order valence-corrected chi connectivity index (χ1v) is 7.05. The van der Waals surface area contributed by atoms with Crippen LogP contribution in [-0.4, -0.2) is 17.4 Å². The maximum absolute atomic E-state index is 11.9. The average Bonchev–Trinajstić information content (AvgIpc) is 3.01. The van der Waals surface area contributed by atoms with Gasteiger partial charge in [0.15, 0.2) is 0 Å². The molecule has 7 nitrogen and oxygen atoms in total. The molecule has 2 aromatic rings. The quantitative estimate of drug-likeness (QED) is 0.478. The first-order chi connectivity index (χ1) is 11.1. The monoisotopic (exact) mass is 316 g/mol. The molecule has 0 spiro atoms. The van der Waals surface area contributed by atoms with Gasteiger partial charge < -0.3 is 14.5 Å². The molecule has 0 saturated heterocycles. The zero-order valence-corrected chi connectivity index (χ0v) is 12.5. The number of anilines is 1. The van der Waals surface area contributed by atoms with Crippen LogP contribution in [0.1, 0.15) is 19.1 Å². The molecule has 120 valence electrons. The van der Waals surface area contributed by atoms with Crippen molar-refractivity contribution >= 4 is 23.6 Å². The lowest BCUT2D eigenvalue weighted by Gasteiger charge is -2.10. The van der Waals surface area contributed by atoms with E-state index >= 15 is 0 Å². The molecule has 0 aliphatic carbocycles. The maximum atomic E-state index is 11.9. The first kappa shape index (κ1) is 16.3. The largest absolute Gasteiger partial charge is 0.491 e.